The van der Waals surface area contributed by atoms with Gasteiger partial charge in [-0.2, -0.15) is 0 Å². The average molecular weight is 455 g/mol. The van der Waals surface area contributed by atoms with E-state index in [1.165, 1.54) is 6.92 Å². The molecule has 6 heteroatoms. The lowest BCUT2D eigenvalue weighted by Gasteiger charge is -2.38. The molecule has 1 aliphatic rings. The van der Waals surface area contributed by atoms with Gasteiger partial charge in [0, 0.05) is 29.5 Å². The van der Waals surface area contributed by atoms with Crippen molar-refractivity contribution in [3.8, 4) is 0 Å². The molecule has 0 aliphatic carbocycles. The molecule has 1 heterocycles. The summed E-state index contributed by atoms with van der Waals surface area (Å²) >= 11 is 3.52. The van der Waals surface area contributed by atoms with Crippen LogP contribution in [0.2, 0.25) is 0 Å². The second-order valence-corrected chi connectivity index (χ2v) is 7.57. The molecule has 1 aliphatic heterocycles. The van der Waals surface area contributed by atoms with Crippen LogP contribution in [-0.4, -0.2) is 18.5 Å². The topological polar surface area (TPSA) is 58.6 Å². The number of hydrogen-bond acceptors (Lipinski definition) is 4. The molecule has 0 aromatic heterocycles. The number of benzene rings is 2. The fourth-order valence-electron chi connectivity index (χ4n) is 3.50. The first kappa shape index (κ1) is 20.9. The summed E-state index contributed by atoms with van der Waals surface area (Å²) in [5.41, 5.74) is 3.24. The number of fused-ring (bicyclic) bond motifs is 1. The molecule has 0 fully saturated rings. The van der Waals surface area contributed by atoms with Gasteiger partial charge in [-0.1, -0.05) is 52.3 Å². The van der Waals surface area contributed by atoms with E-state index in [4.69, 9.17) is 4.74 Å². The zero-order valence-corrected chi connectivity index (χ0v) is 18.0. The van der Waals surface area contributed by atoms with E-state index in [0.717, 1.165) is 21.3 Å². The first-order valence-corrected chi connectivity index (χ1v) is 10.2. The van der Waals surface area contributed by atoms with E-state index >= 15 is 0 Å². The van der Waals surface area contributed by atoms with Crippen LogP contribution in [0, 0.1) is 0 Å². The average Bonchev–Trinajstić information content (AvgIpc) is 2.69. The molecule has 29 heavy (non-hydrogen) atoms. The van der Waals surface area contributed by atoms with Crippen molar-refractivity contribution >= 4 is 33.5 Å². The van der Waals surface area contributed by atoms with Gasteiger partial charge in [0.15, 0.2) is 0 Å². The standard InChI is InChI=1S/C23H23BrN2O3/c1-4-18-19-13-17(24)11-12-20(19)26(14-16-9-7-6-8-10-16)22(25-15(3)27)21(18)23(28)29-5-2/h4,6-13,18H,1,5,14H2,2-3H3,(H,25,27). The quantitative estimate of drug-likeness (QED) is 0.509. The third kappa shape index (κ3) is 4.43. The Balaban J connectivity index is 2.24. The smallest absolute Gasteiger partial charge is 0.338 e. The molecule has 0 saturated heterocycles. The summed E-state index contributed by atoms with van der Waals surface area (Å²) in [5, 5.41) is 2.87. The van der Waals surface area contributed by atoms with Crippen LogP contribution in [0.5, 0.6) is 0 Å². The van der Waals surface area contributed by atoms with E-state index in [-0.39, 0.29) is 12.5 Å². The van der Waals surface area contributed by atoms with E-state index in [0.29, 0.717) is 17.9 Å². The minimum atomic E-state index is -0.468. The largest absolute Gasteiger partial charge is 0.463 e. The highest BCUT2D eigenvalue weighted by Crippen LogP contribution is 2.43. The number of esters is 1. The minimum Gasteiger partial charge on any atom is -0.463 e. The fourth-order valence-corrected chi connectivity index (χ4v) is 3.88. The summed E-state index contributed by atoms with van der Waals surface area (Å²) in [4.78, 5) is 26.9. The Morgan fingerprint density at radius 3 is 2.59 bits per heavy atom. The highest BCUT2D eigenvalue weighted by molar-refractivity contribution is 9.10. The second kappa shape index (κ2) is 9.09. The summed E-state index contributed by atoms with van der Waals surface area (Å²) in [5.74, 6) is -0.706. The molecule has 5 nitrogen and oxygen atoms in total. The maximum atomic E-state index is 12.9. The Morgan fingerprint density at radius 2 is 1.97 bits per heavy atom. The molecule has 2 aromatic carbocycles. The predicted molar refractivity (Wildman–Crippen MR) is 117 cm³/mol. The summed E-state index contributed by atoms with van der Waals surface area (Å²) in [6, 6.07) is 15.8. The van der Waals surface area contributed by atoms with Crippen LogP contribution in [0.1, 0.15) is 30.9 Å². The molecule has 0 radical (unpaired) electrons. The third-order valence-electron chi connectivity index (χ3n) is 4.66. The van der Waals surface area contributed by atoms with Crippen LogP contribution in [0.25, 0.3) is 0 Å². The number of nitrogens with one attached hydrogen (secondary N) is 1. The summed E-state index contributed by atoms with van der Waals surface area (Å²) < 4.78 is 6.23. The maximum Gasteiger partial charge on any atom is 0.338 e. The molecule has 1 atom stereocenters. The number of amides is 1. The highest BCUT2D eigenvalue weighted by atomic mass is 79.9. The normalized spacial score (nSPS) is 15.6. The van der Waals surface area contributed by atoms with Crippen LogP contribution >= 0.6 is 15.9 Å². The molecule has 0 spiro atoms. The molecule has 2 aromatic rings. The van der Waals surface area contributed by atoms with Crippen molar-refractivity contribution in [3.63, 3.8) is 0 Å². The van der Waals surface area contributed by atoms with Gasteiger partial charge in [-0.15, -0.1) is 6.58 Å². The number of rotatable bonds is 6. The summed E-state index contributed by atoms with van der Waals surface area (Å²) in [6.07, 6.45) is 1.71. The lowest BCUT2D eigenvalue weighted by atomic mass is 9.85. The molecule has 0 bridgehead atoms. The van der Waals surface area contributed by atoms with Crippen molar-refractivity contribution in [2.75, 3.05) is 11.5 Å². The number of allylic oxidation sites excluding steroid dienone is 1. The second-order valence-electron chi connectivity index (χ2n) is 6.65. The van der Waals surface area contributed by atoms with Crippen molar-refractivity contribution < 1.29 is 14.3 Å². The maximum absolute atomic E-state index is 12.9. The van der Waals surface area contributed by atoms with Gasteiger partial charge in [-0.25, -0.2) is 4.79 Å². The number of nitrogens with zero attached hydrogens (tertiary/aromatic N) is 1. The highest BCUT2D eigenvalue weighted by Gasteiger charge is 2.36. The monoisotopic (exact) mass is 454 g/mol. The van der Waals surface area contributed by atoms with Crippen molar-refractivity contribution in [1.29, 1.82) is 0 Å². The van der Waals surface area contributed by atoms with E-state index in [1.807, 2.05) is 53.4 Å². The van der Waals surface area contributed by atoms with Crippen LogP contribution < -0.4 is 10.2 Å². The SMILES string of the molecule is C=CC1C(C(=O)OCC)=C(NC(C)=O)N(Cc2ccccc2)c2ccc(Br)cc21. The fraction of sp³-hybridized carbons (Fsp3) is 0.217. The number of carbonyl (C=O) groups is 2. The lowest BCUT2D eigenvalue weighted by molar-refractivity contribution is -0.138. The number of halogens is 1. The molecule has 1 amide bonds. The van der Waals surface area contributed by atoms with Gasteiger partial charge in [0.1, 0.15) is 5.82 Å². The Bertz CT molecular complexity index is 969. The van der Waals surface area contributed by atoms with Crippen molar-refractivity contribution in [3.05, 3.63) is 88.2 Å². The Kier molecular flexibility index (Phi) is 6.54. The van der Waals surface area contributed by atoms with Gasteiger partial charge >= 0.3 is 5.97 Å². The van der Waals surface area contributed by atoms with Crippen LogP contribution in [0.3, 0.4) is 0 Å². The van der Waals surface area contributed by atoms with E-state index in [1.54, 1.807) is 13.0 Å². The van der Waals surface area contributed by atoms with Gasteiger partial charge in [0.05, 0.1) is 12.2 Å². The molecular formula is C23H23BrN2O3. The van der Waals surface area contributed by atoms with Crippen LogP contribution in [0.15, 0.2) is 77.1 Å². The third-order valence-corrected chi connectivity index (χ3v) is 5.15. The van der Waals surface area contributed by atoms with Gasteiger partial charge in [-0.3, -0.25) is 4.79 Å². The number of hydrogen-bond donors (Lipinski definition) is 1. The van der Waals surface area contributed by atoms with Crippen LogP contribution in [0.4, 0.5) is 5.69 Å². The summed E-state index contributed by atoms with van der Waals surface area (Å²) in [6.45, 7) is 7.85. The molecule has 150 valence electrons. The van der Waals surface area contributed by atoms with Gasteiger partial charge < -0.3 is 15.0 Å². The van der Waals surface area contributed by atoms with Crippen LogP contribution in [-0.2, 0) is 20.9 Å². The molecule has 3 rings (SSSR count). The first-order chi connectivity index (χ1) is 14.0. The minimum absolute atomic E-state index is 0.240. The van der Waals surface area contributed by atoms with Crippen molar-refractivity contribution in [2.45, 2.75) is 26.3 Å². The predicted octanol–water partition coefficient (Wildman–Crippen LogP) is 4.65. The number of anilines is 1. The van der Waals surface area contributed by atoms with Gasteiger partial charge in [-0.05, 0) is 36.2 Å². The zero-order chi connectivity index (χ0) is 21.0. The van der Waals surface area contributed by atoms with E-state index < -0.39 is 11.9 Å². The Hall–Kier alpha value is -2.86. The molecular weight excluding hydrogens is 432 g/mol. The van der Waals surface area contributed by atoms with E-state index in [9.17, 15) is 9.59 Å². The van der Waals surface area contributed by atoms with Gasteiger partial charge in [0.25, 0.3) is 0 Å². The lowest BCUT2D eigenvalue weighted by Crippen LogP contribution is -2.41. The number of carbonyl (C=O) groups excluding carboxylic acids is 2. The van der Waals surface area contributed by atoms with Crippen molar-refractivity contribution in [1.82, 2.24) is 5.32 Å². The summed E-state index contributed by atoms with van der Waals surface area (Å²) in [7, 11) is 0. The molecule has 1 N–H and O–H groups in total. The Labute approximate surface area is 179 Å². The zero-order valence-electron chi connectivity index (χ0n) is 16.4. The first-order valence-electron chi connectivity index (χ1n) is 9.38. The Morgan fingerprint density at radius 1 is 1.24 bits per heavy atom. The number of ether oxygens (including phenoxy) is 1. The molecule has 1 unspecified atom stereocenters. The van der Waals surface area contributed by atoms with Crippen molar-refractivity contribution in [2.24, 2.45) is 0 Å². The van der Waals surface area contributed by atoms with E-state index in [2.05, 4.69) is 27.8 Å². The van der Waals surface area contributed by atoms with Gasteiger partial charge in [0.2, 0.25) is 5.91 Å². The molecule has 0 saturated carbocycles.